The van der Waals surface area contributed by atoms with Crippen molar-refractivity contribution >= 4 is 23.2 Å². The van der Waals surface area contributed by atoms with E-state index in [1.165, 1.54) is 11.1 Å². The molecule has 0 atom stereocenters. The van der Waals surface area contributed by atoms with E-state index >= 15 is 0 Å². The molecular formula is C29H32N4O3. The minimum absolute atomic E-state index is 0.140. The number of carbonyl (C=O) groups excluding carboxylic acids is 2. The van der Waals surface area contributed by atoms with Gasteiger partial charge in [0.25, 0.3) is 11.8 Å². The number of benzene rings is 3. The zero-order valence-corrected chi connectivity index (χ0v) is 20.6. The van der Waals surface area contributed by atoms with Crippen molar-refractivity contribution in [2.45, 2.75) is 19.5 Å². The molecule has 2 aliphatic rings. The first kappa shape index (κ1) is 24.0. The van der Waals surface area contributed by atoms with Crippen LogP contribution in [0.1, 0.15) is 37.4 Å². The SMILES string of the molecule is CN1CCc2ccc(NC(=O)c3cccc(CNC(=O)c4cccc(N5CCOCC5)c4)c3)cc2C1. The number of amides is 2. The van der Waals surface area contributed by atoms with Gasteiger partial charge in [0.2, 0.25) is 0 Å². The molecule has 0 unspecified atom stereocenters. The molecule has 36 heavy (non-hydrogen) atoms. The van der Waals surface area contributed by atoms with Gasteiger partial charge in [-0.25, -0.2) is 0 Å². The minimum atomic E-state index is -0.162. The second-order valence-electron chi connectivity index (χ2n) is 9.46. The Bertz CT molecular complexity index is 1250. The highest BCUT2D eigenvalue weighted by molar-refractivity contribution is 6.04. The lowest BCUT2D eigenvalue weighted by Crippen LogP contribution is -2.36. The van der Waals surface area contributed by atoms with E-state index in [2.05, 4.69) is 39.6 Å². The highest BCUT2D eigenvalue weighted by Crippen LogP contribution is 2.22. The van der Waals surface area contributed by atoms with E-state index in [0.29, 0.717) is 30.9 Å². The second-order valence-corrected chi connectivity index (χ2v) is 9.46. The highest BCUT2D eigenvalue weighted by atomic mass is 16.5. The second kappa shape index (κ2) is 10.9. The first-order valence-electron chi connectivity index (χ1n) is 12.5. The van der Waals surface area contributed by atoms with E-state index in [4.69, 9.17) is 4.74 Å². The van der Waals surface area contributed by atoms with Crippen LogP contribution in [-0.4, -0.2) is 56.6 Å². The smallest absolute Gasteiger partial charge is 0.255 e. The van der Waals surface area contributed by atoms with Crippen LogP contribution in [0.15, 0.2) is 66.7 Å². The van der Waals surface area contributed by atoms with Crippen LogP contribution in [0.5, 0.6) is 0 Å². The lowest BCUT2D eigenvalue weighted by Gasteiger charge is -2.29. The van der Waals surface area contributed by atoms with Crippen molar-refractivity contribution in [1.82, 2.24) is 10.2 Å². The molecule has 2 N–H and O–H groups in total. The first-order valence-corrected chi connectivity index (χ1v) is 12.5. The molecular weight excluding hydrogens is 452 g/mol. The topological polar surface area (TPSA) is 73.9 Å². The van der Waals surface area contributed by atoms with Crippen LogP contribution >= 0.6 is 0 Å². The van der Waals surface area contributed by atoms with E-state index in [1.54, 1.807) is 6.07 Å². The molecule has 0 bridgehead atoms. The number of nitrogens with one attached hydrogen (secondary N) is 2. The summed E-state index contributed by atoms with van der Waals surface area (Å²) in [4.78, 5) is 30.2. The van der Waals surface area contributed by atoms with Crippen LogP contribution in [0.4, 0.5) is 11.4 Å². The van der Waals surface area contributed by atoms with Gasteiger partial charge in [0.1, 0.15) is 0 Å². The molecule has 2 heterocycles. The Kier molecular flexibility index (Phi) is 7.30. The van der Waals surface area contributed by atoms with Gasteiger partial charge in [-0.1, -0.05) is 24.3 Å². The van der Waals surface area contributed by atoms with Crippen molar-refractivity contribution in [3.8, 4) is 0 Å². The Morgan fingerprint density at radius 3 is 2.47 bits per heavy atom. The predicted octanol–water partition coefficient (Wildman–Crippen LogP) is 3.69. The number of ether oxygens (including phenoxy) is 1. The molecule has 1 saturated heterocycles. The number of fused-ring (bicyclic) bond motifs is 1. The Morgan fingerprint density at radius 2 is 1.64 bits per heavy atom. The number of morpholine rings is 1. The maximum atomic E-state index is 12.9. The number of likely N-dealkylation sites (N-methyl/N-ethyl adjacent to an activating group) is 1. The van der Waals surface area contributed by atoms with Crippen LogP contribution < -0.4 is 15.5 Å². The summed E-state index contributed by atoms with van der Waals surface area (Å²) in [6.07, 6.45) is 1.03. The molecule has 0 radical (unpaired) electrons. The van der Waals surface area contributed by atoms with Crippen LogP contribution in [0.2, 0.25) is 0 Å². The number of rotatable bonds is 6. The summed E-state index contributed by atoms with van der Waals surface area (Å²) in [5, 5.41) is 6.00. The molecule has 2 aliphatic heterocycles. The lowest BCUT2D eigenvalue weighted by molar-refractivity contribution is 0.0950. The molecule has 7 nitrogen and oxygen atoms in total. The van der Waals surface area contributed by atoms with Crippen LogP contribution in [0.3, 0.4) is 0 Å². The molecule has 0 aromatic heterocycles. The number of nitrogens with zero attached hydrogens (tertiary/aromatic N) is 2. The molecule has 3 aromatic carbocycles. The highest BCUT2D eigenvalue weighted by Gasteiger charge is 2.16. The van der Waals surface area contributed by atoms with Crippen LogP contribution in [0, 0.1) is 0 Å². The fraction of sp³-hybridized carbons (Fsp3) is 0.310. The van der Waals surface area contributed by atoms with E-state index in [1.807, 2.05) is 48.5 Å². The molecule has 1 fully saturated rings. The Morgan fingerprint density at radius 1 is 0.861 bits per heavy atom. The van der Waals surface area contributed by atoms with Gasteiger partial charge in [-0.05, 0) is 72.6 Å². The molecule has 3 aromatic rings. The van der Waals surface area contributed by atoms with Gasteiger partial charge in [0.15, 0.2) is 0 Å². The third kappa shape index (κ3) is 5.75. The standard InChI is InChI=1S/C29H32N4O3/c1-32-11-10-22-8-9-26(17-25(22)20-32)31-29(35)23-5-2-4-21(16-23)19-30-28(34)24-6-3-7-27(18-24)33-12-14-36-15-13-33/h2-9,16-18H,10-15,19-20H2,1H3,(H,30,34)(H,31,35). The van der Waals surface area contributed by atoms with Gasteiger partial charge in [0, 0.05) is 55.2 Å². The number of hydrogen-bond donors (Lipinski definition) is 2. The fourth-order valence-electron chi connectivity index (χ4n) is 4.75. The molecule has 186 valence electrons. The summed E-state index contributed by atoms with van der Waals surface area (Å²) < 4.78 is 5.42. The van der Waals surface area contributed by atoms with Gasteiger partial charge in [-0.15, -0.1) is 0 Å². The Labute approximate surface area is 212 Å². The maximum absolute atomic E-state index is 12.9. The van der Waals surface area contributed by atoms with Crippen LogP contribution in [0.25, 0.3) is 0 Å². The van der Waals surface area contributed by atoms with Gasteiger partial charge >= 0.3 is 0 Å². The number of carbonyl (C=O) groups is 2. The van der Waals surface area contributed by atoms with Crippen molar-refractivity contribution in [1.29, 1.82) is 0 Å². The predicted molar refractivity (Wildman–Crippen MR) is 142 cm³/mol. The first-order chi connectivity index (χ1) is 17.5. The third-order valence-corrected chi connectivity index (χ3v) is 6.79. The quantitative estimate of drug-likeness (QED) is 0.558. The van der Waals surface area contributed by atoms with E-state index in [0.717, 1.165) is 49.5 Å². The summed E-state index contributed by atoms with van der Waals surface area (Å²) in [5.41, 5.74) is 6.48. The third-order valence-electron chi connectivity index (χ3n) is 6.79. The van der Waals surface area contributed by atoms with Crippen molar-refractivity contribution in [3.05, 3.63) is 94.5 Å². The van der Waals surface area contributed by atoms with E-state index < -0.39 is 0 Å². The molecule has 2 amide bonds. The summed E-state index contributed by atoms with van der Waals surface area (Å²) >= 11 is 0. The average Bonchev–Trinajstić information content (AvgIpc) is 2.92. The van der Waals surface area contributed by atoms with Crippen molar-refractivity contribution in [2.75, 3.05) is 50.1 Å². The monoisotopic (exact) mass is 484 g/mol. The molecule has 0 saturated carbocycles. The normalized spacial score (nSPS) is 15.8. The maximum Gasteiger partial charge on any atom is 0.255 e. The van der Waals surface area contributed by atoms with Gasteiger partial charge < -0.3 is 25.2 Å². The molecule has 5 rings (SSSR count). The summed E-state index contributed by atoms with van der Waals surface area (Å²) in [5.74, 6) is -0.301. The van der Waals surface area contributed by atoms with E-state index in [-0.39, 0.29) is 11.8 Å². The number of hydrogen-bond acceptors (Lipinski definition) is 5. The summed E-state index contributed by atoms with van der Waals surface area (Å²) in [6.45, 7) is 5.33. The fourth-order valence-corrected chi connectivity index (χ4v) is 4.75. The summed E-state index contributed by atoms with van der Waals surface area (Å²) in [7, 11) is 2.11. The zero-order chi connectivity index (χ0) is 24.9. The van der Waals surface area contributed by atoms with Crippen LogP contribution in [-0.2, 0) is 24.2 Å². The van der Waals surface area contributed by atoms with E-state index in [9.17, 15) is 9.59 Å². The lowest BCUT2D eigenvalue weighted by atomic mass is 9.99. The largest absolute Gasteiger partial charge is 0.378 e. The molecule has 0 aliphatic carbocycles. The summed E-state index contributed by atoms with van der Waals surface area (Å²) in [6, 6.07) is 21.2. The van der Waals surface area contributed by atoms with Crippen molar-refractivity contribution in [3.63, 3.8) is 0 Å². The molecule has 7 heteroatoms. The number of anilines is 2. The van der Waals surface area contributed by atoms with Gasteiger partial charge in [-0.3, -0.25) is 9.59 Å². The Hall–Kier alpha value is -3.68. The Balaban J connectivity index is 1.20. The van der Waals surface area contributed by atoms with Gasteiger partial charge in [0.05, 0.1) is 13.2 Å². The van der Waals surface area contributed by atoms with Gasteiger partial charge in [-0.2, -0.15) is 0 Å². The minimum Gasteiger partial charge on any atom is -0.378 e. The van der Waals surface area contributed by atoms with Crippen molar-refractivity contribution in [2.24, 2.45) is 0 Å². The van der Waals surface area contributed by atoms with Crippen molar-refractivity contribution < 1.29 is 14.3 Å². The molecule has 0 spiro atoms. The zero-order valence-electron chi connectivity index (χ0n) is 20.6. The average molecular weight is 485 g/mol.